The van der Waals surface area contributed by atoms with Crippen molar-refractivity contribution in [3.63, 3.8) is 0 Å². The van der Waals surface area contributed by atoms with Gasteiger partial charge in [0, 0.05) is 41.8 Å². The molecule has 0 atom stereocenters. The number of ketones is 1. The van der Waals surface area contributed by atoms with Crippen LogP contribution in [0, 0.1) is 10.1 Å². The molecule has 1 aromatic heterocycles. The van der Waals surface area contributed by atoms with Gasteiger partial charge in [0.25, 0.3) is 5.69 Å². The van der Waals surface area contributed by atoms with E-state index in [1.807, 2.05) is 65.5 Å². The molecule has 124 valence electrons. The van der Waals surface area contributed by atoms with E-state index in [1.165, 1.54) is 6.07 Å². The maximum atomic E-state index is 12.2. The lowest BCUT2D eigenvalue weighted by atomic mass is 10.0. The molecule has 0 bridgehead atoms. The van der Waals surface area contributed by atoms with E-state index in [1.54, 1.807) is 12.1 Å². The van der Waals surface area contributed by atoms with Crippen molar-refractivity contribution in [2.24, 2.45) is 0 Å². The lowest BCUT2D eigenvalue weighted by molar-refractivity contribution is -0.688. The summed E-state index contributed by atoms with van der Waals surface area (Å²) in [6.07, 6.45) is 4.11. The summed E-state index contributed by atoms with van der Waals surface area (Å²) < 4.78 is 1.93. The Morgan fingerprint density at radius 2 is 1.64 bits per heavy atom. The normalized spacial score (nSPS) is 10.4. The van der Waals surface area contributed by atoms with Crippen molar-refractivity contribution in [2.75, 3.05) is 0 Å². The number of nitro groups is 1. The van der Waals surface area contributed by atoms with Gasteiger partial charge < -0.3 is 0 Å². The van der Waals surface area contributed by atoms with Crippen molar-refractivity contribution in [3.8, 4) is 0 Å². The van der Waals surface area contributed by atoms with Crippen LogP contribution < -0.4 is 4.57 Å². The van der Waals surface area contributed by atoms with Crippen molar-refractivity contribution in [1.29, 1.82) is 0 Å². The summed E-state index contributed by atoms with van der Waals surface area (Å²) >= 11 is 0. The Morgan fingerprint density at radius 1 is 0.920 bits per heavy atom. The summed E-state index contributed by atoms with van der Waals surface area (Å²) in [5, 5.41) is 10.8. The molecular weight excluding hydrogens is 316 g/mol. The highest BCUT2D eigenvalue weighted by molar-refractivity contribution is 5.97. The van der Waals surface area contributed by atoms with Crippen LogP contribution in [-0.4, -0.2) is 10.7 Å². The number of Topliss-reactive ketones (excluding diaryl/α,β-unsaturated/α-hetero) is 1. The van der Waals surface area contributed by atoms with E-state index in [2.05, 4.69) is 0 Å². The standard InChI is InChI=1S/C20H17N2O3/c23-20(18-6-2-1-3-7-18)14-16-9-11-21(12-10-16)15-17-5-4-8-19(13-17)22(24)25/h1-13H,14-15H2/q+1. The SMILES string of the molecule is O=C(Cc1cc[n+](Cc2cccc([N+](=O)[O-])c2)cc1)c1ccccc1. The van der Waals surface area contributed by atoms with E-state index < -0.39 is 4.92 Å². The van der Waals surface area contributed by atoms with Gasteiger partial charge in [0.2, 0.25) is 0 Å². The van der Waals surface area contributed by atoms with Crippen molar-refractivity contribution in [3.05, 3.63) is 106 Å². The Balaban J connectivity index is 1.67. The van der Waals surface area contributed by atoms with Crippen LogP contribution in [-0.2, 0) is 13.0 Å². The number of non-ortho nitro benzene ring substituents is 1. The van der Waals surface area contributed by atoms with Gasteiger partial charge in [-0.2, -0.15) is 0 Å². The van der Waals surface area contributed by atoms with E-state index in [0.29, 0.717) is 18.5 Å². The van der Waals surface area contributed by atoms with Crippen LogP contribution in [0.2, 0.25) is 0 Å². The number of nitrogens with zero attached hydrogens (tertiary/aromatic N) is 2. The maximum Gasteiger partial charge on any atom is 0.269 e. The molecule has 0 saturated heterocycles. The van der Waals surface area contributed by atoms with Gasteiger partial charge >= 0.3 is 0 Å². The van der Waals surface area contributed by atoms with Gasteiger partial charge in [-0.25, -0.2) is 4.57 Å². The highest BCUT2D eigenvalue weighted by Gasteiger charge is 2.11. The first kappa shape index (κ1) is 16.5. The number of benzene rings is 2. The number of hydrogen-bond acceptors (Lipinski definition) is 3. The number of pyridine rings is 1. The van der Waals surface area contributed by atoms with E-state index in [0.717, 1.165) is 11.1 Å². The summed E-state index contributed by atoms with van der Waals surface area (Å²) in [7, 11) is 0. The average molecular weight is 333 g/mol. The minimum absolute atomic E-state index is 0.0806. The van der Waals surface area contributed by atoms with Crippen LogP contribution in [0.5, 0.6) is 0 Å². The molecule has 0 aliphatic heterocycles. The molecule has 0 aliphatic carbocycles. The van der Waals surface area contributed by atoms with Gasteiger partial charge in [-0.05, 0) is 5.56 Å². The van der Waals surface area contributed by atoms with Crippen LogP contribution in [0.1, 0.15) is 21.5 Å². The summed E-state index contributed by atoms with van der Waals surface area (Å²) in [6.45, 7) is 0.536. The quantitative estimate of drug-likeness (QED) is 0.301. The fourth-order valence-corrected chi connectivity index (χ4v) is 2.60. The maximum absolute atomic E-state index is 12.2. The zero-order valence-electron chi connectivity index (χ0n) is 13.5. The molecule has 0 amide bonds. The number of rotatable bonds is 6. The van der Waals surface area contributed by atoms with Crippen molar-refractivity contribution in [1.82, 2.24) is 0 Å². The van der Waals surface area contributed by atoms with Gasteiger partial charge in [0.1, 0.15) is 0 Å². The van der Waals surface area contributed by atoms with E-state index >= 15 is 0 Å². The van der Waals surface area contributed by atoms with E-state index in [9.17, 15) is 14.9 Å². The molecular formula is C20H17N2O3+. The second kappa shape index (κ2) is 7.49. The number of nitro benzene ring substituents is 1. The first-order chi connectivity index (χ1) is 12.1. The molecule has 0 unspecified atom stereocenters. The van der Waals surface area contributed by atoms with Crippen molar-refractivity contribution < 1.29 is 14.3 Å². The van der Waals surface area contributed by atoms with Gasteiger partial charge in [-0.15, -0.1) is 0 Å². The predicted molar refractivity (Wildman–Crippen MR) is 93.3 cm³/mol. The lowest BCUT2D eigenvalue weighted by Crippen LogP contribution is -2.33. The first-order valence-corrected chi connectivity index (χ1v) is 7.91. The zero-order valence-corrected chi connectivity index (χ0v) is 13.5. The summed E-state index contributed by atoms with van der Waals surface area (Å²) in [5.41, 5.74) is 2.58. The van der Waals surface area contributed by atoms with Crippen LogP contribution >= 0.6 is 0 Å². The summed E-state index contributed by atoms with van der Waals surface area (Å²) in [5.74, 6) is 0.0806. The smallest absolute Gasteiger partial charge is 0.269 e. The second-order valence-electron chi connectivity index (χ2n) is 5.77. The Bertz CT molecular complexity index is 890. The summed E-state index contributed by atoms with van der Waals surface area (Å²) in [4.78, 5) is 22.7. The number of carbonyl (C=O) groups is 1. The van der Waals surface area contributed by atoms with Crippen molar-refractivity contribution >= 4 is 11.5 Å². The first-order valence-electron chi connectivity index (χ1n) is 7.91. The van der Waals surface area contributed by atoms with Crippen LogP contribution in [0.25, 0.3) is 0 Å². The van der Waals surface area contributed by atoms with Gasteiger partial charge in [0.05, 0.1) is 4.92 Å². The molecule has 5 heteroatoms. The number of aromatic nitrogens is 1. The zero-order chi connectivity index (χ0) is 17.6. The fourth-order valence-electron chi connectivity index (χ4n) is 2.60. The minimum Gasteiger partial charge on any atom is -0.294 e. The number of carbonyl (C=O) groups excluding carboxylic acids is 1. The molecule has 3 aromatic rings. The molecule has 0 radical (unpaired) electrons. The van der Waals surface area contributed by atoms with E-state index in [-0.39, 0.29) is 11.5 Å². The Hall–Kier alpha value is -3.34. The molecule has 0 fully saturated rings. The van der Waals surface area contributed by atoms with Gasteiger partial charge in [0.15, 0.2) is 24.7 Å². The largest absolute Gasteiger partial charge is 0.294 e. The molecule has 0 N–H and O–H groups in total. The number of hydrogen-bond donors (Lipinski definition) is 0. The topological polar surface area (TPSA) is 64.1 Å². The highest BCUT2D eigenvalue weighted by Crippen LogP contribution is 2.13. The third-order valence-corrected chi connectivity index (χ3v) is 3.91. The molecule has 1 heterocycles. The highest BCUT2D eigenvalue weighted by atomic mass is 16.6. The lowest BCUT2D eigenvalue weighted by Gasteiger charge is -2.02. The Kier molecular flexibility index (Phi) is 4.95. The molecule has 2 aromatic carbocycles. The predicted octanol–water partition coefficient (Wildman–Crippen LogP) is 3.36. The summed E-state index contributed by atoms with van der Waals surface area (Å²) in [6, 6.07) is 19.6. The van der Waals surface area contributed by atoms with Gasteiger partial charge in [-0.1, -0.05) is 42.5 Å². The Morgan fingerprint density at radius 3 is 2.32 bits per heavy atom. The van der Waals surface area contributed by atoms with Crippen molar-refractivity contribution in [2.45, 2.75) is 13.0 Å². The minimum atomic E-state index is -0.396. The monoisotopic (exact) mass is 333 g/mol. The third kappa shape index (κ3) is 4.35. The van der Waals surface area contributed by atoms with E-state index in [4.69, 9.17) is 0 Å². The molecule has 5 nitrogen and oxygen atoms in total. The second-order valence-corrected chi connectivity index (χ2v) is 5.77. The van der Waals surface area contributed by atoms with Crippen LogP contribution in [0.3, 0.4) is 0 Å². The molecule has 0 spiro atoms. The Labute approximate surface area is 145 Å². The molecule has 25 heavy (non-hydrogen) atoms. The van der Waals surface area contributed by atoms with Crippen LogP contribution in [0.4, 0.5) is 5.69 Å². The molecule has 0 aliphatic rings. The van der Waals surface area contributed by atoms with Crippen LogP contribution in [0.15, 0.2) is 79.1 Å². The fraction of sp³-hybridized carbons (Fsp3) is 0.100. The average Bonchev–Trinajstić information content (AvgIpc) is 2.64. The third-order valence-electron chi connectivity index (χ3n) is 3.91. The molecule has 3 rings (SSSR count). The van der Waals surface area contributed by atoms with Gasteiger partial charge in [-0.3, -0.25) is 14.9 Å². The molecule has 0 saturated carbocycles.